The molecule has 0 saturated carbocycles. The van der Waals surface area contributed by atoms with Crippen LogP contribution < -0.4 is 10.7 Å². The molecule has 67 heavy (non-hydrogen) atoms. The number of aryl methyl sites for hydroxylation is 1. The maximum atomic E-state index is 14.6. The van der Waals surface area contributed by atoms with Crippen molar-refractivity contribution in [3.63, 3.8) is 0 Å². The summed E-state index contributed by atoms with van der Waals surface area (Å²) in [5.41, 5.74) is 9.07. The van der Waals surface area contributed by atoms with Crippen molar-refractivity contribution in [2.24, 2.45) is 11.3 Å². The third kappa shape index (κ3) is 11.1. The number of ether oxygens (including phenoxy) is 3. The fourth-order valence-electron chi connectivity index (χ4n) is 9.93. The second-order valence-corrected chi connectivity index (χ2v) is 19.8. The number of nitrogens with zero attached hydrogens (tertiary/aromatic N) is 6. The van der Waals surface area contributed by atoms with Gasteiger partial charge in [0.1, 0.15) is 18.1 Å². The molecule has 4 atom stereocenters. The van der Waals surface area contributed by atoms with Crippen molar-refractivity contribution < 1.29 is 33.4 Å². The SMILES string of the molecule is CCn1c(-c2cccnc2[C@H](C)OC)c2c3cc(ccc31)-c1csc(n1)C[C@H](NC(=O)[C@H](C(C)C)N(C)C(=O)N1CCCC13COC3)C(=O)N1CCC[C@H](N1)C(=O)OCC(C)(C)C2.S.S.S.S. The summed E-state index contributed by atoms with van der Waals surface area (Å²) >= 11 is 1.43. The number of benzene rings is 1. The first-order chi connectivity index (χ1) is 30.1. The van der Waals surface area contributed by atoms with Gasteiger partial charge in [0.2, 0.25) is 5.91 Å². The largest absolute Gasteiger partial charge is 0.464 e. The minimum atomic E-state index is -1.04. The Balaban J connectivity index is 0.00000245. The number of thiazole rings is 1. The van der Waals surface area contributed by atoms with Gasteiger partial charge in [-0.05, 0) is 81.7 Å². The van der Waals surface area contributed by atoms with E-state index in [1.807, 2.05) is 37.1 Å². The van der Waals surface area contributed by atoms with Crippen molar-refractivity contribution in [3.8, 4) is 22.5 Å². The number of hydrazine groups is 1. The van der Waals surface area contributed by atoms with E-state index in [0.717, 1.165) is 57.5 Å². The lowest BCUT2D eigenvalue weighted by atomic mass is 9.84. The van der Waals surface area contributed by atoms with Gasteiger partial charge in [-0.15, -0.1) is 11.3 Å². The number of nitrogens with one attached hydrogen (secondary N) is 2. The third-order valence-corrected chi connectivity index (χ3v) is 14.2. The predicted molar refractivity (Wildman–Crippen MR) is 282 cm³/mol. The highest BCUT2D eigenvalue weighted by Gasteiger charge is 2.51. The number of likely N-dealkylation sites (N-methyl/N-ethyl adjacent to an activating group) is 1. The molecule has 3 aromatic heterocycles. The molecule has 0 unspecified atom stereocenters. The number of methoxy groups -OCH3 is 1. The first-order valence-corrected chi connectivity index (χ1v) is 23.3. The van der Waals surface area contributed by atoms with E-state index in [4.69, 9.17) is 24.2 Å². The first-order valence-electron chi connectivity index (χ1n) is 22.4. The number of carbonyl (C=O) groups excluding carboxylic acids is 4. The number of carbonyl (C=O) groups is 4. The van der Waals surface area contributed by atoms with E-state index in [-0.39, 0.29) is 90.6 Å². The highest BCUT2D eigenvalue weighted by molar-refractivity contribution is 7.59. The zero-order chi connectivity index (χ0) is 44.8. The standard InChI is InChI=1S/C47H62N8O7S.4H2S/c1-9-53-37-16-15-30-21-32(37)33(41(53)31-13-10-18-48-39(31)29(4)60-8)23-46(5,6)25-62-44(58)34-14-11-20-55(51-34)43(57)35(22-38-49-36(30)24-63-38)50-42(56)40(28(2)3)52(7)45(59)54-19-12-17-47(54)26-61-27-47;;;;/h10,13,15-16,18,21,24,28-29,34-35,40,51H,9,11-12,14,17,19-20,22-23,25-27H2,1-8H3,(H,50,56);4*1H2/t29-,34-,35-,40-;;;;/m0..../s1. The molecule has 6 bridgehead atoms. The fraction of sp³-hybridized carbons (Fsp3) is 0.574. The van der Waals surface area contributed by atoms with E-state index in [1.54, 1.807) is 20.4 Å². The molecule has 0 aliphatic carbocycles. The molecule has 4 aromatic rings. The molecule has 15 nitrogen and oxygen atoms in total. The van der Waals surface area contributed by atoms with Gasteiger partial charge in [-0.2, -0.15) is 54.0 Å². The number of hydrogen-bond donors (Lipinski definition) is 2. The molecule has 3 saturated heterocycles. The molecule has 370 valence electrons. The maximum absolute atomic E-state index is 14.6. The monoisotopic (exact) mass is 1020 g/mol. The van der Waals surface area contributed by atoms with Crippen LogP contribution in [0, 0.1) is 11.3 Å². The third-order valence-electron chi connectivity index (χ3n) is 13.3. The highest BCUT2D eigenvalue weighted by atomic mass is 32.1. The minimum absolute atomic E-state index is 0. The topological polar surface area (TPSA) is 160 Å². The van der Waals surface area contributed by atoms with Gasteiger partial charge in [-0.3, -0.25) is 24.4 Å². The molecule has 1 aromatic carbocycles. The van der Waals surface area contributed by atoms with Crippen LogP contribution in [0.5, 0.6) is 0 Å². The molecule has 3 fully saturated rings. The van der Waals surface area contributed by atoms with Crippen LogP contribution in [0.1, 0.15) is 89.6 Å². The van der Waals surface area contributed by atoms with Gasteiger partial charge in [-0.1, -0.05) is 33.8 Å². The van der Waals surface area contributed by atoms with Gasteiger partial charge in [-0.25, -0.2) is 15.2 Å². The summed E-state index contributed by atoms with van der Waals surface area (Å²) < 4.78 is 19.8. The summed E-state index contributed by atoms with van der Waals surface area (Å²) in [6.45, 7) is 14.9. The van der Waals surface area contributed by atoms with Crippen LogP contribution in [0.15, 0.2) is 41.9 Å². The van der Waals surface area contributed by atoms with Crippen molar-refractivity contribution in [1.29, 1.82) is 0 Å². The smallest absolute Gasteiger partial charge is 0.324 e. The Morgan fingerprint density at radius 1 is 1.06 bits per heavy atom. The van der Waals surface area contributed by atoms with Crippen LogP contribution in [-0.4, -0.2) is 124 Å². The number of hydrogen-bond acceptors (Lipinski definition) is 11. The number of rotatable bonds is 8. The van der Waals surface area contributed by atoms with Crippen LogP contribution in [-0.2, 0) is 48.0 Å². The summed E-state index contributed by atoms with van der Waals surface area (Å²) in [6.07, 6.45) is 5.05. The van der Waals surface area contributed by atoms with Gasteiger partial charge in [0.05, 0.1) is 53.6 Å². The molecular weight excluding hydrogens is 949 g/mol. The number of pyridine rings is 1. The lowest BCUT2D eigenvalue weighted by Crippen LogP contribution is -2.65. The summed E-state index contributed by atoms with van der Waals surface area (Å²) in [5, 5.41) is 8.23. The quantitative estimate of drug-likeness (QED) is 0.184. The van der Waals surface area contributed by atoms with Crippen LogP contribution in [0.4, 0.5) is 4.79 Å². The van der Waals surface area contributed by atoms with E-state index in [1.165, 1.54) is 21.2 Å². The zero-order valence-corrected chi connectivity index (χ0v) is 44.7. The lowest BCUT2D eigenvalue weighted by molar-refractivity contribution is -0.155. The Morgan fingerprint density at radius 3 is 2.48 bits per heavy atom. The van der Waals surface area contributed by atoms with E-state index < -0.39 is 41.3 Å². The van der Waals surface area contributed by atoms with Gasteiger partial charge < -0.3 is 33.9 Å². The zero-order valence-electron chi connectivity index (χ0n) is 39.9. The van der Waals surface area contributed by atoms with Crippen LogP contribution in [0.25, 0.3) is 33.4 Å². The van der Waals surface area contributed by atoms with Gasteiger partial charge in [0.25, 0.3) is 5.91 Å². The Morgan fingerprint density at radius 2 is 1.81 bits per heavy atom. The summed E-state index contributed by atoms with van der Waals surface area (Å²) in [6, 6.07) is 7.58. The molecule has 8 rings (SSSR count). The average molecular weight is 1020 g/mol. The molecule has 1 spiro atoms. The Bertz CT molecular complexity index is 2390. The number of amides is 4. The fourth-order valence-corrected chi connectivity index (χ4v) is 10.8. The summed E-state index contributed by atoms with van der Waals surface area (Å²) in [4.78, 5) is 70.3. The molecule has 20 heteroatoms. The number of urea groups is 1. The van der Waals surface area contributed by atoms with Crippen molar-refractivity contribution >= 4 is 100 Å². The van der Waals surface area contributed by atoms with Crippen molar-refractivity contribution in [2.75, 3.05) is 47.1 Å². The number of aromatic nitrogens is 3. The second-order valence-electron chi connectivity index (χ2n) is 18.8. The Kier molecular flexibility index (Phi) is 19.2. The van der Waals surface area contributed by atoms with E-state index in [9.17, 15) is 19.2 Å². The molecular formula is C47H70N8O7S5. The van der Waals surface area contributed by atoms with Gasteiger partial charge in [0, 0.05) is 79.2 Å². The van der Waals surface area contributed by atoms with E-state index in [0.29, 0.717) is 57.1 Å². The minimum Gasteiger partial charge on any atom is -0.464 e. The predicted octanol–water partition coefficient (Wildman–Crippen LogP) is 6.59. The molecule has 4 aliphatic heterocycles. The van der Waals surface area contributed by atoms with E-state index >= 15 is 0 Å². The van der Waals surface area contributed by atoms with E-state index in [2.05, 4.69) is 60.3 Å². The number of likely N-dealkylation sites (tertiary alicyclic amines) is 1. The normalized spacial score (nSPS) is 20.8. The Hall–Kier alpha value is -3.50. The summed E-state index contributed by atoms with van der Waals surface area (Å²) in [7, 11) is 3.35. The van der Waals surface area contributed by atoms with Crippen molar-refractivity contribution in [2.45, 2.75) is 116 Å². The van der Waals surface area contributed by atoms with Gasteiger partial charge in [0.15, 0.2) is 0 Å². The molecule has 2 N–H and O–H groups in total. The highest BCUT2D eigenvalue weighted by Crippen LogP contribution is 2.42. The van der Waals surface area contributed by atoms with Crippen molar-refractivity contribution in [3.05, 3.63) is 58.2 Å². The number of fused-ring (bicyclic) bond motifs is 6. The van der Waals surface area contributed by atoms with Crippen LogP contribution in [0.2, 0.25) is 0 Å². The molecule has 4 amide bonds. The van der Waals surface area contributed by atoms with Crippen LogP contribution in [0.3, 0.4) is 0 Å². The number of cyclic esters (lactones) is 1. The average Bonchev–Trinajstić information content (AvgIpc) is 4.00. The molecule has 0 radical (unpaired) electrons. The molecule has 7 heterocycles. The second kappa shape index (κ2) is 22.9. The Labute approximate surface area is 426 Å². The molecule has 4 aliphatic rings. The van der Waals surface area contributed by atoms with Crippen LogP contribution >= 0.6 is 65.3 Å². The number of esters is 1. The van der Waals surface area contributed by atoms with Gasteiger partial charge >= 0.3 is 12.0 Å². The first kappa shape index (κ1) is 56.1. The van der Waals surface area contributed by atoms with Crippen molar-refractivity contribution in [1.82, 2.24) is 40.1 Å². The summed E-state index contributed by atoms with van der Waals surface area (Å²) in [5.74, 6) is -1.52. The lowest BCUT2D eigenvalue weighted by Gasteiger charge is -2.47. The maximum Gasteiger partial charge on any atom is 0.324 e.